The molecule has 2 amide bonds. The summed E-state index contributed by atoms with van der Waals surface area (Å²) in [6, 6.07) is 5.40. The third-order valence-corrected chi connectivity index (χ3v) is 6.84. The van der Waals surface area contributed by atoms with Gasteiger partial charge in [0.1, 0.15) is 11.8 Å². The molecule has 1 aromatic rings. The summed E-state index contributed by atoms with van der Waals surface area (Å²) in [6.07, 6.45) is 10.9. The third kappa shape index (κ3) is 4.22. The number of nitrogens with one attached hydrogen (secondary N) is 1. The molecule has 1 N–H and O–H groups in total. The van der Waals surface area contributed by atoms with Crippen LogP contribution in [0.3, 0.4) is 0 Å². The van der Waals surface area contributed by atoms with E-state index in [-0.39, 0.29) is 30.5 Å². The van der Waals surface area contributed by atoms with Crippen molar-refractivity contribution in [1.29, 1.82) is 0 Å². The van der Waals surface area contributed by atoms with Gasteiger partial charge in [-0.05, 0) is 43.9 Å². The Morgan fingerprint density at radius 1 is 1.04 bits per heavy atom. The van der Waals surface area contributed by atoms with Gasteiger partial charge in [-0.1, -0.05) is 54.5 Å². The average molecular weight is 449 g/mol. The summed E-state index contributed by atoms with van der Waals surface area (Å²) in [4.78, 5) is 28.5. The highest BCUT2D eigenvalue weighted by molar-refractivity contribution is 9.10. The number of carbonyl (C=O) groups excluding carboxylic acids is 2. The number of benzene rings is 1. The lowest BCUT2D eigenvalue weighted by Gasteiger charge is -2.36. The minimum absolute atomic E-state index is 0.00165. The molecule has 6 heteroatoms. The summed E-state index contributed by atoms with van der Waals surface area (Å²) >= 11 is 3.53. The normalized spacial score (nSPS) is 24.2. The van der Waals surface area contributed by atoms with E-state index in [9.17, 15) is 9.59 Å². The number of amides is 2. The lowest BCUT2D eigenvalue weighted by atomic mass is 9.98. The Labute approximate surface area is 175 Å². The Bertz CT molecular complexity index is 724. The molecular weight excluding hydrogens is 420 g/mol. The molecule has 28 heavy (non-hydrogen) atoms. The van der Waals surface area contributed by atoms with E-state index in [1.807, 2.05) is 23.1 Å². The van der Waals surface area contributed by atoms with Gasteiger partial charge in [0.15, 0.2) is 6.61 Å². The van der Waals surface area contributed by atoms with E-state index >= 15 is 0 Å². The minimum atomic E-state index is -0.619. The fourth-order valence-electron chi connectivity index (χ4n) is 4.94. The minimum Gasteiger partial charge on any atom is -0.483 e. The molecule has 0 radical (unpaired) electrons. The van der Waals surface area contributed by atoms with Gasteiger partial charge in [0.2, 0.25) is 5.91 Å². The first kappa shape index (κ1) is 19.7. The number of nitrogens with zero attached hydrogens (tertiary/aromatic N) is 1. The largest absolute Gasteiger partial charge is 0.483 e. The molecular formula is C22H29BrN2O3. The van der Waals surface area contributed by atoms with E-state index in [2.05, 4.69) is 21.2 Å². The fraction of sp³-hybridized carbons (Fsp3) is 0.636. The Morgan fingerprint density at radius 3 is 2.43 bits per heavy atom. The molecule has 0 spiro atoms. The number of ether oxygens (including phenoxy) is 1. The predicted molar refractivity (Wildman–Crippen MR) is 111 cm³/mol. The SMILES string of the molecule is O=C(NC1CCCC1)C1c2cc(Br)ccc2OCC(=O)N1C1CCCCCC1. The summed E-state index contributed by atoms with van der Waals surface area (Å²) < 4.78 is 6.72. The van der Waals surface area contributed by atoms with Crippen LogP contribution >= 0.6 is 15.9 Å². The van der Waals surface area contributed by atoms with Crippen LogP contribution in [0.15, 0.2) is 22.7 Å². The highest BCUT2D eigenvalue weighted by Crippen LogP contribution is 2.38. The molecule has 1 aliphatic heterocycles. The highest BCUT2D eigenvalue weighted by atomic mass is 79.9. The molecule has 3 aliphatic rings. The number of rotatable bonds is 3. The van der Waals surface area contributed by atoms with Crippen LogP contribution in [-0.2, 0) is 9.59 Å². The molecule has 5 nitrogen and oxygen atoms in total. The fourth-order valence-corrected chi connectivity index (χ4v) is 5.32. The quantitative estimate of drug-likeness (QED) is 0.692. The van der Waals surface area contributed by atoms with Gasteiger partial charge < -0.3 is 15.0 Å². The van der Waals surface area contributed by atoms with Crippen molar-refractivity contribution in [2.75, 3.05) is 6.61 Å². The lowest BCUT2D eigenvalue weighted by Crippen LogP contribution is -2.50. The van der Waals surface area contributed by atoms with Crippen molar-refractivity contribution in [3.05, 3.63) is 28.2 Å². The second-order valence-electron chi connectivity index (χ2n) is 8.31. The maximum absolute atomic E-state index is 13.5. The molecule has 4 rings (SSSR count). The smallest absolute Gasteiger partial charge is 0.261 e. The molecule has 1 atom stereocenters. The van der Waals surface area contributed by atoms with Gasteiger partial charge in [-0.2, -0.15) is 0 Å². The van der Waals surface area contributed by atoms with Crippen molar-refractivity contribution in [1.82, 2.24) is 10.2 Å². The van der Waals surface area contributed by atoms with Crippen molar-refractivity contribution >= 4 is 27.7 Å². The van der Waals surface area contributed by atoms with Crippen LogP contribution in [-0.4, -0.2) is 35.4 Å². The third-order valence-electron chi connectivity index (χ3n) is 6.35. The highest BCUT2D eigenvalue weighted by Gasteiger charge is 2.41. The lowest BCUT2D eigenvalue weighted by molar-refractivity contribution is -0.144. The number of halogens is 1. The number of carbonyl (C=O) groups is 2. The van der Waals surface area contributed by atoms with E-state index in [1.54, 1.807) is 0 Å². The summed E-state index contributed by atoms with van der Waals surface area (Å²) in [5.74, 6) is 0.499. The Morgan fingerprint density at radius 2 is 1.71 bits per heavy atom. The molecule has 2 aliphatic carbocycles. The zero-order valence-corrected chi connectivity index (χ0v) is 17.9. The maximum atomic E-state index is 13.5. The molecule has 2 saturated carbocycles. The number of fused-ring (bicyclic) bond motifs is 1. The van der Waals surface area contributed by atoms with E-state index in [0.717, 1.165) is 61.4 Å². The summed E-state index contributed by atoms with van der Waals surface area (Å²) in [7, 11) is 0. The van der Waals surface area contributed by atoms with Gasteiger partial charge in [0, 0.05) is 22.1 Å². The van der Waals surface area contributed by atoms with Gasteiger partial charge in [0.25, 0.3) is 5.91 Å². The first-order valence-corrected chi connectivity index (χ1v) is 11.5. The summed E-state index contributed by atoms with van der Waals surface area (Å²) in [5.41, 5.74) is 0.792. The molecule has 0 aromatic heterocycles. The van der Waals surface area contributed by atoms with Crippen LogP contribution in [0.5, 0.6) is 5.75 Å². The summed E-state index contributed by atoms with van der Waals surface area (Å²) in [5, 5.41) is 3.24. The molecule has 2 fully saturated rings. The number of hydrogen-bond donors (Lipinski definition) is 1. The van der Waals surface area contributed by atoms with Crippen molar-refractivity contribution in [2.24, 2.45) is 0 Å². The number of hydrogen-bond acceptors (Lipinski definition) is 3. The van der Waals surface area contributed by atoms with Crippen molar-refractivity contribution in [2.45, 2.75) is 82.3 Å². The first-order valence-electron chi connectivity index (χ1n) is 10.7. The van der Waals surface area contributed by atoms with E-state index < -0.39 is 6.04 Å². The topological polar surface area (TPSA) is 58.6 Å². The second-order valence-corrected chi connectivity index (χ2v) is 9.23. The standard InChI is InChI=1S/C22H29BrN2O3/c23-15-11-12-19-18(13-15)21(22(27)24-16-7-5-6-8-16)25(20(26)14-28-19)17-9-3-1-2-4-10-17/h11-13,16-17,21H,1-10,14H2,(H,24,27). The molecule has 152 valence electrons. The second kappa shape index (κ2) is 8.85. The molecule has 0 bridgehead atoms. The van der Waals surface area contributed by atoms with E-state index in [1.165, 1.54) is 12.8 Å². The van der Waals surface area contributed by atoms with Gasteiger partial charge in [-0.3, -0.25) is 9.59 Å². The van der Waals surface area contributed by atoms with Crippen molar-refractivity contribution < 1.29 is 14.3 Å². The van der Waals surface area contributed by atoms with Gasteiger partial charge in [-0.25, -0.2) is 0 Å². The van der Waals surface area contributed by atoms with Crippen LogP contribution in [0.25, 0.3) is 0 Å². The molecule has 1 unspecified atom stereocenters. The van der Waals surface area contributed by atoms with Crippen molar-refractivity contribution in [3.63, 3.8) is 0 Å². The zero-order chi connectivity index (χ0) is 19.5. The van der Waals surface area contributed by atoms with Gasteiger partial charge in [-0.15, -0.1) is 0 Å². The molecule has 1 aromatic carbocycles. The van der Waals surface area contributed by atoms with Crippen LogP contribution in [0.4, 0.5) is 0 Å². The van der Waals surface area contributed by atoms with Crippen LogP contribution < -0.4 is 10.1 Å². The van der Waals surface area contributed by atoms with Crippen molar-refractivity contribution in [3.8, 4) is 5.75 Å². The monoisotopic (exact) mass is 448 g/mol. The van der Waals surface area contributed by atoms with Gasteiger partial charge >= 0.3 is 0 Å². The van der Waals surface area contributed by atoms with Crippen LogP contribution in [0.2, 0.25) is 0 Å². The Hall–Kier alpha value is -1.56. The van der Waals surface area contributed by atoms with Crippen LogP contribution in [0, 0.1) is 0 Å². The Kier molecular flexibility index (Phi) is 6.24. The van der Waals surface area contributed by atoms with Crippen LogP contribution in [0.1, 0.15) is 75.8 Å². The average Bonchev–Trinajstić information content (AvgIpc) is 2.97. The first-order chi connectivity index (χ1) is 13.6. The molecule has 0 saturated heterocycles. The zero-order valence-electron chi connectivity index (χ0n) is 16.3. The summed E-state index contributed by atoms with van der Waals surface area (Å²) in [6.45, 7) is -0.00165. The molecule has 1 heterocycles. The maximum Gasteiger partial charge on any atom is 0.261 e. The van der Waals surface area contributed by atoms with E-state index in [0.29, 0.717) is 5.75 Å². The van der Waals surface area contributed by atoms with Gasteiger partial charge in [0.05, 0.1) is 0 Å². The Balaban J connectivity index is 1.71. The predicted octanol–water partition coefficient (Wildman–Crippen LogP) is 4.49. The van der Waals surface area contributed by atoms with E-state index in [4.69, 9.17) is 4.74 Å².